The first-order chi connectivity index (χ1) is 7.68. The molecule has 0 aliphatic heterocycles. The molecule has 84 valence electrons. The van der Waals surface area contributed by atoms with Gasteiger partial charge in [0.1, 0.15) is 18.5 Å². The van der Waals surface area contributed by atoms with Crippen molar-refractivity contribution in [3.8, 4) is 0 Å². The molecule has 0 radical (unpaired) electrons. The highest BCUT2D eigenvalue weighted by Crippen LogP contribution is 2.17. The summed E-state index contributed by atoms with van der Waals surface area (Å²) in [6, 6.07) is -0.203. The molecule has 0 aliphatic carbocycles. The summed E-state index contributed by atoms with van der Waals surface area (Å²) in [5.74, 6) is 0.334. The van der Waals surface area contributed by atoms with E-state index < -0.39 is 5.82 Å². The van der Waals surface area contributed by atoms with Crippen LogP contribution in [0.1, 0.15) is 24.5 Å². The largest absolute Gasteiger partial charge is 0.358 e. The fourth-order valence-electron chi connectivity index (χ4n) is 1.26. The molecular formula is C9H11FN6. The van der Waals surface area contributed by atoms with Crippen molar-refractivity contribution in [1.29, 1.82) is 0 Å². The molecule has 0 aliphatic rings. The topological polar surface area (TPSA) is 79.4 Å². The third-order valence-electron chi connectivity index (χ3n) is 2.16. The summed E-state index contributed by atoms with van der Waals surface area (Å²) in [6.07, 6.45) is 2.71. The second-order valence-electron chi connectivity index (χ2n) is 3.36. The Bertz CT molecular complexity index is 469. The number of nitrogens with one attached hydrogen (secondary N) is 2. The van der Waals surface area contributed by atoms with Gasteiger partial charge in [0.15, 0.2) is 11.6 Å². The van der Waals surface area contributed by atoms with Crippen molar-refractivity contribution in [2.75, 3.05) is 5.32 Å². The minimum absolute atomic E-state index is 0.163. The summed E-state index contributed by atoms with van der Waals surface area (Å²) in [5.41, 5.74) is 0.308. The molecule has 1 atom stereocenters. The average Bonchev–Trinajstić information content (AvgIpc) is 2.78. The minimum atomic E-state index is -0.450. The van der Waals surface area contributed by atoms with Gasteiger partial charge in [0.05, 0.1) is 11.7 Å². The van der Waals surface area contributed by atoms with Crippen LogP contribution in [0.4, 0.5) is 10.2 Å². The van der Waals surface area contributed by atoms with Crippen LogP contribution in [0.3, 0.4) is 0 Å². The van der Waals surface area contributed by atoms with Gasteiger partial charge in [0, 0.05) is 0 Å². The van der Waals surface area contributed by atoms with Crippen LogP contribution in [0.5, 0.6) is 0 Å². The molecule has 1 unspecified atom stereocenters. The van der Waals surface area contributed by atoms with Gasteiger partial charge < -0.3 is 5.32 Å². The lowest BCUT2D eigenvalue weighted by Gasteiger charge is -2.12. The molecule has 0 spiro atoms. The average molecular weight is 222 g/mol. The predicted octanol–water partition coefficient (Wildman–Crippen LogP) is 1.22. The monoisotopic (exact) mass is 222 g/mol. The Balaban J connectivity index is 2.18. The molecule has 0 fully saturated rings. The Hall–Kier alpha value is -2.05. The molecule has 0 saturated carbocycles. The second-order valence-corrected chi connectivity index (χ2v) is 3.36. The smallest absolute Gasteiger partial charge is 0.186 e. The Morgan fingerprint density at radius 1 is 1.31 bits per heavy atom. The first kappa shape index (κ1) is 10.5. The molecule has 2 heterocycles. The van der Waals surface area contributed by atoms with Gasteiger partial charge in [0.2, 0.25) is 0 Å². The Labute approximate surface area is 91.4 Å². The van der Waals surface area contributed by atoms with E-state index in [-0.39, 0.29) is 11.9 Å². The first-order valence-corrected chi connectivity index (χ1v) is 4.77. The zero-order valence-electron chi connectivity index (χ0n) is 8.90. The minimum Gasteiger partial charge on any atom is -0.358 e. The summed E-state index contributed by atoms with van der Waals surface area (Å²) < 4.78 is 13.6. The van der Waals surface area contributed by atoms with Gasteiger partial charge in [-0.3, -0.25) is 5.10 Å². The molecule has 16 heavy (non-hydrogen) atoms. The predicted molar refractivity (Wildman–Crippen MR) is 55.1 cm³/mol. The van der Waals surface area contributed by atoms with E-state index in [1.807, 2.05) is 6.92 Å². The lowest BCUT2D eigenvalue weighted by molar-refractivity contribution is 0.600. The van der Waals surface area contributed by atoms with E-state index in [0.29, 0.717) is 11.5 Å². The maximum Gasteiger partial charge on any atom is 0.186 e. The molecule has 2 aromatic heterocycles. The number of nitrogens with zero attached hydrogens (tertiary/aromatic N) is 4. The highest BCUT2D eigenvalue weighted by Gasteiger charge is 2.13. The highest BCUT2D eigenvalue weighted by atomic mass is 19.1. The van der Waals surface area contributed by atoms with Gasteiger partial charge in [-0.25, -0.2) is 19.3 Å². The second kappa shape index (κ2) is 4.21. The molecule has 2 rings (SSSR count). The fourth-order valence-corrected chi connectivity index (χ4v) is 1.26. The number of aryl methyl sites for hydroxylation is 1. The normalized spacial score (nSPS) is 12.4. The number of aromatic amines is 1. The summed E-state index contributed by atoms with van der Waals surface area (Å²) in [6.45, 7) is 3.42. The maximum atomic E-state index is 13.6. The van der Waals surface area contributed by atoms with Crippen LogP contribution in [0.25, 0.3) is 0 Å². The third-order valence-corrected chi connectivity index (χ3v) is 2.16. The van der Waals surface area contributed by atoms with Gasteiger partial charge in [-0.05, 0) is 13.8 Å². The lowest BCUT2D eigenvalue weighted by atomic mass is 10.3. The van der Waals surface area contributed by atoms with Gasteiger partial charge >= 0.3 is 0 Å². The lowest BCUT2D eigenvalue weighted by Crippen LogP contribution is -2.12. The third kappa shape index (κ3) is 1.97. The van der Waals surface area contributed by atoms with Crippen molar-refractivity contribution < 1.29 is 4.39 Å². The molecule has 0 amide bonds. The zero-order valence-corrected chi connectivity index (χ0v) is 8.90. The summed E-state index contributed by atoms with van der Waals surface area (Å²) in [7, 11) is 0. The van der Waals surface area contributed by atoms with Crippen molar-refractivity contribution >= 4 is 5.82 Å². The van der Waals surface area contributed by atoms with E-state index in [1.165, 1.54) is 12.7 Å². The van der Waals surface area contributed by atoms with Crippen LogP contribution in [-0.4, -0.2) is 25.1 Å². The number of hydrogen-bond donors (Lipinski definition) is 2. The van der Waals surface area contributed by atoms with Gasteiger partial charge in [-0.15, -0.1) is 0 Å². The molecular weight excluding hydrogens is 211 g/mol. The molecule has 2 aromatic rings. The fraction of sp³-hybridized carbons (Fsp3) is 0.333. The van der Waals surface area contributed by atoms with E-state index in [1.54, 1.807) is 6.92 Å². The van der Waals surface area contributed by atoms with Crippen LogP contribution >= 0.6 is 0 Å². The SMILES string of the molecule is Cc1ncnc(NC(C)c2ncn[nH]2)c1F. The van der Waals surface area contributed by atoms with E-state index in [9.17, 15) is 4.39 Å². The highest BCUT2D eigenvalue weighted by molar-refractivity contribution is 5.38. The van der Waals surface area contributed by atoms with Crippen LogP contribution < -0.4 is 5.32 Å². The van der Waals surface area contributed by atoms with Crippen LogP contribution in [0, 0.1) is 12.7 Å². The molecule has 0 bridgehead atoms. The van der Waals surface area contributed by atoms with E-state index in [0.717, 1.165) is 0 Å². The maximum absolute atomic E-state index is 13.6. The van der Waals surface area contributed by atoms with Crippen molar-refractivity contribution in [2.24, 2.45) is 0 Å². The molecule has 0 saturated heterocycles. The van der Waals surface area contributed by atoms with E-state index in [2.05, 4.69) is 30.5 Å². The van der Waals surface area contributed by atoms with Crippen molar-refractivity contribution in [3.05, 3.63) is 30.0 Å². The van der Waals surface area contributed by atoms with Crippen molar-refractivity contribution in [3.63, 3.8) is 0 Å². The van der Waals surface area contributed by atoms with Crippen molar-refractivity contribution in [2.45, 2.75) is 19.9 Å². The Kier molecular flexibility index (Phi) is 2.76. The van der Waals surface area contributed by atoms with Crippen LogP contribution in [0.2, 0.25) is 0 Å². The summed E-state index contributed by atoms with van der Waals surface area (Å²) in [5, 5.41) is 9.32. The summed E-state index contributed by atoms with van der Waals surface area (Å²) >= 11 is 0. The van der Waals surface area contributed by atoms with Gasteiger partial charge in [-0.1, -0.05) is 0 Å². The number of hydrogen-bond acceptors (Lipinski definition) is 5. The van der Waals surface area contributed by atoms with Gasteiger partial charge in [0.25, 0.3) is 0 Å². The number of H-pyrrole nitrogens is 1. The zero-order chi connectivity index (χ0) is 11.5. The first-order valence-electron chi connectivity index (χ1n) is 4.77. The number of aromatic nitrogens is 5. The van der Waals surface area contributed by atoms with Crippen LogP contribution in [0.15, 0.2) is 12.7 Å². The standard InChI is InChI=1S/C9H11FN6/c1-5-7(10)9(12-3-11-5)15-6(2)8-13-4-14-16-8/h3-4,6H,1-2H3,(H,11,12,15)(H,13,14,16). The summed E-state index contributed by atoms with van der Waals surface area (Å²) in [4.78, 5) is 11.5. The van der Waals surface area contributed by atoms with Gasteiger partial charge in [-0.2, -0.15) is 5.10 Å². The van der Waals surface area contributed by atoms with E-state index >= 15 is 0 Å². The van der Waals surface area contributed by atoms with Crippen molar-refractivity contribution in [1.82, 2.24) is 25.1 Å². The Morgan fingerprint density at radius 3 is 2.81 bits per heavy atom. The molecule has 2 N–H and O–H groups in total. The quantitative estimate of drug-likeness (QED) is 0.816. The van der Waals surface area contributed by atoms with Crippen LogP contribution in [-0.2, 0) is 0 Å². The molecule has 0 aromatic carbocycles. The number of rotatable bonds is 3. The molecule has 7 heteroatoms. The Morgan fingerprint density at radius 2 is 2.12 bits per heavy atom. The number of anilines is 1. The molecule has 6 nitrogen and oxygen atoms in total. The van der Waals surface area contributed by atoms with E-state index in [4.69, 9.17) is 0 Å². The number of halogens is 1.